The lowest BCUT2D eigenvalue weighted by Crippen LogP contribution is -2.30. The second-order valence-electron chi connectivity index (χ2n) is 4.86. The number of rotatable bonds is 4. The highest BCUT2D eigenvalue weighted by molar-refractivity contribution is 5.94. The molecular formula is C16H18N2O3. The third-order valence-corrected chi connectivity index (χ3v) is 3.27. The molecule has 1 aromatic heterocycles. The molecule has 110 valence electrons. The first kappa shape index (κ1) is 14.8. The monoisotopic (exact) mass is 286 g/mol. The van der Waals surface area contributed by atoms with Gasteiger partial charge in [-0.05, 0) is 31.5 Å². The van der Waals surface area contributed by atoms with Gasteiger partial charge in [0.05, 0.1) is 13.2 Å². The van der Waals surface area contributed by atoms with Gasteiger partial charge in [-0.15, -0.1) is 0 Å². The van der Waals surface area contributed by atoms with Gasteiger partial charge in [-0.2, -0.15) is 0 Å². The number of benzene rings is 1. The second-order valence-corrected chi connectivity index (χ2v) is 4.86. The molecule has 2 aromatic rings. The van der Waals surface area contributed by atoms with Gasteiger partial charge in [-0.1, -0.05) is 12.1 Å². The number of amides is 1. The molecule has 1 atom stereocenters. The molecule has 2 N–H and O–H groups in total. The molecule has 5 heteroatoms. The first-order valence-corrected chi connectivity index (χ1v) is 6.65. The Labute approximate surface area is 123 Å². The van der Waals surface area contributed by atoms with Crippen molar-refractivity contribution in [3.63, 3.8) is 0 Å². The highest BCUT2D eigenvalue weighted by atomic mass is 16.5. The molecular weight excluding hydrogens is 268 g/mol. The summed E-state index contributed by atoms with van der Waals surface area (Å²) in [7, 11) is 1.60. The highest BCUT2D eigenvalue weighted by Crippen LogP contribution is 2.17. The van der Waals surface area contributed by atoms with Crippen LogP contribution >= 0.6 is 0 Å². The number of pyridine rings is 1. The zero-order valence-electron chi connectivity index (χ0n) is 12.3. The second kappa shape index (κ2) is 6.26. The van der Waals surface area contributed by atoms with Crippen molar-refractivity contribution in [3.8, 4) is 5.75 Å². The van der Waals surface area contributed by atoms with E-state index in [0.29, 0.717) is 0 Å². The Morgan fingerprint density at radius 1 is 1.29 bits per heavy atom. The lowest BCUT2D eigenvalue weighted by atomic mass is 10.1. The minimum atomic E-state index is -0.389. The van der Waals surface area contributed by atoms with E-state index in [1.54, 1.807) is 14.0 Å². The fraction of sp³-hybridized carbons (Fsp3) is 0.250. The standard InChI is InChI=1S/C16H18N2O3/c1-10-8-15(19)14(9-17-10)16(20)18-11(2)12-4-6-13(21-3)7-5-12/h4-9,11H,1-3H3,(H,17,19)(H,18,20)/t11-/m0/s1. The van der Waals surface area contributed by atoms with Crippen LogP contribution in [0.2, 0.25) is 0 Å². The molecule has 0 aliphatic heterocycles. The number of nitrogens with one attached hydrogen (secondary N) is 2. The number of carbonyl (C=O) groups is 1. The molecule has 0 radical (unpaired) electrons. The largest absolute Gasteiger partial charge is 0.497 e. The average Bonchev–Trinajstić information content (AvgIpc) is 2.47. The van der Waals surface area contributed by atoms with E-state index in [9.17, 15) is 9.59 Å². The molecule has 1 aromatic carbocycles. The van der Waals surface area contributed by atoms with Gasteiger partial charge >= 0.3 is 0 Å². The third kappa shape index (κ3) is 3.51. The minimum Gasteiger partial charge on any atom is -0.497 e. The summed E-state index contributed by atoms with van der Waals surface area (Å²) in [6.07, 6.45) is 1.44. The molecule has 2 rings (SSSR count). The van der Waals surface area contributed by atoms with Crippen LogP contribution in [0, 0.1) is 6.92 Å². The number of carbonyl (C=O) groups excluding carboxylic acids is 1. The summed E-state index contributed by atoms with van der Waals surface area (Å²) in [6.45, 7) is 3.63. The smallest absolute Gasteiger partial charge is 0.257 e. The van der Waals surface area contributed by atoms with Crippen LogP contribution < -0.4 is 15.5 Å². The topological polar surface area (TPSA) is 71.2 Å². The number of hydrogen-bond donors (Lipinski definition) is 2. The summed E-state index contributed by atoms with van der Waals surface area (Å²) < 4.78 is 5.09. The maximum Gasteiger partial charge on any atom is 0.257 e. The van der Waals surface area contributed by atoms with Crippen LogP contribution in [0.3, 0.4) is 0 Å². The molecule has 0 spiro atoms. The van der Waals surface area contributed by atoms with Crippen LogP contribution in [0.4, 0.5) is 0 Å². The van der Waals surface area contributed by atoms with Gasteiger partial charge in [-0.25, -0.2) is 0 Å². The highest BCUT2D eigenvalue weighted by Gasteiger charge is 2.14. The van der Waals surface area contributed by atoms with Crippen molar-refractivity contribution in [1.82, 2.24) is 10.3 Å². The SMILES string of the molecule is COc1ccc([C@H](C)NC(=O)c2c[nH]c(C)cc2=O)cc1. The van der Waals surface area contributed by atoms with Crippen LogP contribution in [0.25, 0.3) is 0 Å². The number of aromatic nitrogens is 1. The Morgan fingerprint density at radius 3 is 2.52 bits per heavy atom. The van der Waals surface area contributed by atoms with E-state index in [1.807, 2.05) is 31.2 Å². The van der Waals surface area contributed by atoms with Gasteiger partial charge in [0.15, 0.2) is 5.43 Å². The molecule has 0 saturated heterocycles. The van der Waals surface area contributed by atoms with Crippen molar-refractivity contribution in [2.45, 2.75) is 19.9 Å². The lowest BCUT2D eigenvalue weighted by Gasteiger charge is -2.14. The van der Waals surface area contributed by atoms with E-state index in [4.69, 9.17) is 4.74 Å². The minimum absolute atomic E-state index is 0.112. The molecule has 1 heterocycles. The van der Waals surface area contributed by atoms with Crippen LogP contribution in [-0.2, 0) is 0 Å². The van der Waals surface area contributed by atoms with Gasteiger partial charge in [0.25, 0.3) is 5.91 Å². The van der Waals surface area contributed by atoms with Crippen LogP contribution in [0.5, 0.6) is 5.75 Å². The molecule has 0 saturated carbocycles. The number of ether oxygens (including phenoxy) is 1. The summed E-state index contributed by atoms with van der Waals surface area (Å²) in [5, 5.41) is 2.81. The zero-order valence-corrected chi connectivity index (χ0v) is 12.3. The number of H-pyrrole nitrogens is 1. The zero-order chi connectivity index (χ0) is 15.4. The van der Waals surface area contributed by atoms with Crippen LogP contribution in [0.1, 0.15) is 34.6 Å². The molecule has 0 aliphatic carbocycles. The van der Waals surface area contributed by atoms with Crippen molar-refractivity contribution in [1.29, 1.82) is 0 Å². The Morgan fingerprint density at radius 2 is 1.95 bits per heavy atom. The van der Waals surface area contributed by atoms with Crippen molar-refractivity contribution in [2.24, 2.45) is 0 Å². The van der Waals surface area contributed by atoms with Gasteiger partial charge in [0.2, 0.25) is 0 Å². The number of hydrogen-bond acceptors (Lipinski definition) is 3. The first-order chi connectivity index (χ1) is 10.0. The fourth-order valence-corrected chi connectivity index (χ4v) is 2.00. The predicted molar refractivity (Wildman–Crippen MR) is 80.7 cm³/mol. The van der Waals surface area contributed by atoms with E-state index < -0.39 is 0 Å². The number of aryl methyl sites for hydroxylation is 1. The molecule has 1 amide bonds. The summed E-state index contributed by atoms with van der Waals surface area (Å²) in [6, 6.07) is 8.62. The fourth-order valence-electron chi connectivity index (χ4n) is 2.00. The van der Waals surface area contributed by atoms with Gasteiger partial charge in [0, 0.05) is 18.0 Å². The van der Waals surface area contributed by atoms with Crippen LogP contribution in [-0.4, -0.2) is 18.0 Å². The molecule has 21 heavy (non-hydrogen) atoms. The van der Waals surface area contributed by atoms with E-state index in [0.717, 1.165) is 17.0 Å². The van der Waals surface area contributed by atoms with E-state index in [1.165, 1.54) is 12.3 Å². The molecule has 0 unspecified atom stereocenters. The Hall–Kier alpha value is -2.56. The average molecular weight is 286 g/mol. The van der Waals surface area contributed by atoms with E-state index in [-0.39, 0.29) is 22.9 Å². The Kier molecular flexibility index (Phi) is 4.42. The molecule has 0 fully saturated rings. The molecule has 0 bridgehead atoms. The number of aromatic amines is 1. The van der Waals surface area contributed by atoms with Crippen molar-refractivity contribution < 1.29 is 9.53 Å². The van der Waals surface area contributed by atoms with E-state index >= 15 is 0 Å². The van der Waals surface area contributed by atoms with Crippen molar-refractivity contribution in [3.05, 3.63) is 63.6 Å². The summed E-state index contributed by atoms with van der Waals surface area (Å²) in [5.41, 5.74) is 1.49. The Bertz CT molecular complexity index is 689. The first-order valence-electron chi connectivity index (χ1n) is 6.65. The van der Waals surface area contributed by atoms with Crippen molar-refractivity contribution in [2.75, 3.05) is 7.11 Å². The van der Waals surface area contributed by atoms with E-state index in [2.05, 4.69) is 10.3 Å². The quantitative estimate of drug-likeness (QED) is 0.905. The molecule has 5 nitrogen and oxygen atoms in total. The van der Waals surface area contributed by atoms with Crippen molar-refractivity contribution >= 4 is 5.91 Å². The summed E-state index contributed by atoms with van der Waals surface area (Å²) in [4.78, 5) is 26.8. The predicted octanol–water partition coefficient (Wildman–Crippen LogP) is 2.18. The van der Waals surface area contributed by atoms with Gasteiger partial charge in [0.1, 0.15) is 11.3 Å². The maximum atomic E-state index is 12.1. The lowest BCUT2D eigenvalue weighted by molar-refractivity contribution is 0.0938. The summed E-state index contributed by atoms with van der Waals surface area (Å²) >= 11 is 0. The molecule has 0 aliphatic rings. The van der Waals surface area contributed by atoms with Crippen LogP contribution in [0.15, 0.2) is 41.3 Å². The number of methoxy groups -OCH3 is 1. The summed E-state index contributed by atoms with van der Waals surface area (Å²) in [5.74, 6) is 0.367. The maximum absolute atomic E-state index is 12.1. The Balaban J connectivity index is 2.12. The van der Waals surface area contributed by atoms with Gasteiger partial charge in [-0.3, -0.25) is 9.59 Å². The third-order valence-electron chi connectivity index (χ3n) is 3.27. The van der Waals surface area contributed by atoms with Gasteiger partial charge < -0.3 is 15.0 Å². The normalized spacial score (nSPS) is 11.8.